The fraction of sp³-hybridized carbons (Fsp3) is 0.412. The van der Waals surface area contributed by atoms with Crippen molar-refractivity contribution in [3.05, 3.63) is 42.1 Å². The summed E-state index contributed by atoms with van der Waals surface area (Å²) in [5, 5.41) is 3.31. The third-order valence-corrected chi connectivity index (χ3v) is 4.49. The Morgan fingerprint density at radius 1 is 1.36 bits per heavy atom. The Labute approximate surface area is 151 Å². The average molecular weight is 362 g/mol. The van der Waals surface area contributed by atoms with Gasteiger partial charge in [-0.25, -0.2) is 9.97 Å². The molecule has 0 bridgehead atoms. The van der Waals surface area contributed by atoms with Crippen LogP contribution in [0.25, 0.3) is 0 Å². The number of amides is 2. The van der Waals surface area contributed by atoms with Crippen molar-refractivity contribution in [1.82, 2.24) is 19.4 Å². The number of carbonyl (C=O) groups excluding carboxylic acids is 2. The standard InChI is InChI=1S/C17H20ClN5O2/c18-14-3-4-15(20-10-14)21-17(25)13-2-1-7-23(11-13)16(24)5-8-22-9-6-19-12-22/h3-4,6,9-10,12-13H,1-2,5,7-8,11H2,(H,20,21,25)/t13-/m1/s1. The van der Waals surface area contributed by atoms with Crippen LogP contribution in [0.5, 0.6) is 0 Å². The first-order chi connectivity index (χ1) is 12.1. The van der Waals surface area contributed by atoms with Crippen LogP contribution in [0.4, 0.5) is 5.82 Å². The molecule has 1 aliphatic rings. The van der Waals surface area contributed by atoms with Crippen LogP contribution in [0.15, 0.2) is 37.1 Å². The molecule has 1 saturated heterocycles. The molecule has 3 heterocycles. The van der Waals surface area contributed by atoms with E-state index in [4.69, 9.17) is 11.6 Å². The van der Waals surface area contributed by atoms with Crippen molar-refractivity contribution in [1.29, 1.82) is 0 Å². The summed E-state index contributed by atoms with van der Waals surface area (Å²) < 4.78 is 1.87. The molecule has 0 saturated carbocycles. The number of nitrogens with zero attached hydrogens (tertiary/aromatic N) is 4. The van der Waals surface area contributed by atoms with Crippen molar-refractivity contribution in [2.24, 2.45) is 5.92 Å². The number of likely N-dealkylation sites (tertiary alicyclic amines) is 1. The van der Waals surface area contributed by atoms with Gasteiger partial charge in [0.25, 0.3) is 0 Å². The molecular formula is C17H20ClN5O2. The second-order valence-corrected chi connectivity index (χ2v) is 6.52. The molecule has 7 nitrogen and oxygen atoms in total. The average Bonchev–Trinajstić information content (AvgIpc) is 3.15. The Bertz CT molecular complexity index is 717. The van der Waals surface area contributed by atoms with Gasteiger partial charge in [-0.1, -0.05) is 11.6 Å². The van der Waals surface area contributed by atoms with Crippen LogP contribution < -0.4 is 5.32 Å². The second-order valence-electron chi connectivity index (χ2n) is 6.08. The topological polar surface area (TPSA) is 80.1 Å². The molecule has 132 valence electrons. The maximum absolute atomic E-state index is 12.4. The number of carbonyl (C=O) groups is 2. The maximum atomic E-state index is 12.4. The van der Waals surface area contributed by atoms with Crippen LogP contribution in [-0.4, -0.2) is 44.3 Å². The first kappa shape index (κ1) is 17.4. The zero-order chi connectivity index (χ0) is 17.6. The number of piperidine rings is 1. The highest BCUT2D eigenvalue weighted by atomic mass is 35.5. The van der Waals surface area contributed by atoms with E-state index in [1.807, 2.05) is 10.8 Å². The van der Waals surface area contributed by atoms with Crippen molar-refractivity contribution >= 4 is 29.2 Å². The lowest BCUT2D eigenvalue weighted by molar-refractivity contribution is -0.134. The summed E-state index contributed by atoms with van der Waals surface area (Å²) in [6.07, 6.45) is 8.70. The molecule has 1 atom stereocenters. The van der Waals surface area contributed by atoms with E-state index in [2.05, 4.69) is 15.3 Å². The minimum atomic E-state index is -0.219. The number of aromatic nitrogens is 3. The number of hydrogen-bond acceptors (Lipinski definition) is 4. The van der Waals surface area contributed by atoms with Gasteiger partial charge in [0.15, 0.2) is 0 Å². The van der Waals surface area contributed by atoms with Gasteiger partial charge in [0.2, 0.25) is 11.8 Å². The molecule has 0 aliphatic carbocycles. The smallest absolute Gasteiger partial charge is 0.230 e. The number of aryl methyl sites for hydroxylation is 1. The van der Waals surface area contributed by atoms with E-state index in [0.717, 1.165) is 12.8 Å². The SMILES string of the molecule is O=C(Nc1ccc(Cl)cn1)[C@@H]1CCCN(C(=O)CCn2ccnc2)C1. The van der Waals surface area contributed by atoms with E-state index in [1.165, 1.54) is 6.20 Å². The van der Waals surface area contributed by atoms with Crippen molar-refractivity contribution < 1.29 is 9.59 Å². The Morgan fingerprint density at radius 2 is 2.24 bits per heavy atom. The highest BCUT2D eigenvalue weighted by Gasteiger charge is 2.28. The first-order valence-electron chi connectivity index (χ1n) is 8.28. The molecule has 0 unspecified atom stereocenters. The summed E-state index contributed by atoms with van der Waals surface area (Å²) in [4.78, 5) is 34.6. The summed E-state index contributed by atoms with van der Waals surface area (Å²) in [7, 11) is 0. The molecule has 3 rings (SSSR count). The Balaban J connectivity index is 1.52. The molecular weight excluding hydrogens is 342 g/mol. The van der Waals surface area contributed by atoms with E-state index in [1.54, 1.807) is 29.6 Å². The monoisotopic (exact) mass is 361 g/mol. The molecule has 2 aromatic rings. The van der Waals surface area contributed by atoms with Gasteiger partial charge in [-0.2, -0.15) is 0 Å². The third kappa shape index (κ3) is 4.79. The first-order valence-corrected chi connectivity index (χ1v) is 8.65. The van der Waals surface area contributed by atoms with Gasteiger partial charge in [0.1, 0.15) is 5.82 Å². The Kier molecular flexibility index (Phi) is 5.65. The number of halogens is 1. The number of anilines is 1. The molecule has 0 aromatic carbocycles. The summed E-state index contributed by atoms with van der Waals surface area (Å²) in [6.45, 7) is 1.74. The lowest BCUT2D eigenvalue weighted by Gasteiger charge is -2.32. The normalized spacial score (nSPS) is 17.3. The quantitative estimate of drug-likeness (QED) is 0.885. The third-order valence-electron chi connectivity index (χ3n) is 4.27. The van der Waals surface area contributed by atoms with Crippen LogP contribution >= 0.6 is 11.6 Å². The van der Waals surface area contributed by atoms with Gasteiger partial charge >= 0.3 is 0 Å². The van der Waals surface area contributed by atoms with Gasteiger partial charge < -0.3 is 14.8 Å². The van der Waals surface area contributed by atoms with Crippen LogP contribution in [0.3, 0.4) is 0 Å². The van der Waals surface area contributed by atoms with Gasteiger partial charge in [0, 0.05) is 44.6 Å². The maximum Gasteiger partial charge on any atom is 0.230 e. The number of hydrogen-bond donors (Lipinski definition) is 1. The molecule has 1 aliphatic heterocycles. The fourth-order valence-corrected chi connectivity index (χ4v) is 3.01. The minimum Gasteiger partial charge on any atom is -0.342 e. The Hall–Kier alpha value is -2.41. The van der Waals surface area contributed by atoms with Crippen LogP contribution in [0.2, 0.25) is 5.02 Å². The van der Waals surface area contributed by atoms with Crippen molar-refractivity contribution in [3.8, 4) is 0 Å². The summed E-state index contributed by atoms with van der Waals surface area (Å²) in [5.74, 6) is 0.208. The van der Waals surface area contributed by atoms with Crippen molar-refractivity contribution in [2.75, 3.05) is 18.4 Å². The van der Waals surface area contributed by atoms with Crippen molar-refractivity contribution in [3.63, 3.8) is 0 Å². The number of pyridine rings is 1. The van der Waals surface area contributed by atoms with E-state index >= 15 is 0 Å². The largest absolute Gasteiger partial charge is 0.342 e. The highest BCUT2D eigenvalue weighted by molar-refractivity contribution is 6.30. The molecule has 0 spiro atoms. The number of imidazole rings is 1. The molecule has 8 heteroatoms. The lowest BCUT2D eigenvalue weighted by atomic mass is 9.97. The minimum absolute atomic E-state index is 0.0656. The van der Waals surface area contributed by atoms with E-state index in [-0.39, 0.29) is 17.7 Å². The van der Waals surface area contributed by atoms with E-state index < -0.39 is 0 Å². The summed E-state index contributed by atoms with van der Waals surface area (Å²) in [5.41, 5.74) is 0. The second kappa shape index (κ2) is 8.11. The molecule has 25 heavy (non-hydrogen) atoms. The van der Waals surface area contributed by atoms with Gasteiger partial charge in [-0.3, -0.25) is 9.59 Å². The van der Waals surface area contributed by atoms with Gasteiger partial charge in [-0.15, -0.1) is 0 Å². The predicted molar refractivity (Wildman–Crippen MR) is 94.0 cm³/mol. The fourth-order valence-electron chi connectivity index (χ4n) is 2.90. The zero-order valence-electron chi connectivity index (χ0n) is 13.8. The van der Waals surface area contributed by atoms with Gasteiger partial charge in [0.05, 0.1) is 17.3 Å². The predicted octanol–water partition coefficient (Wildman–Crippen LogP) is 2.20. The number of nitrogens with one attached hydrogen (secondary N) is 1. The van der Waals surface area contributed by atoms with E-state index in [0.29, 0.717) is 36.9 Å². The highest BCUT2D eigenvalue weighted by Crippen LogP contribution is 2.19. The zero-order valence-corrected chi connectivity index (χ0v) is 14.5. The number of rotatable bonds is 5. The van der Waals surface area contributed by atoms with Crippen LogP contribution in [0, 0.1) is 5.92 Å². The van der Waals surface area contributed by atoms with Crippen LogP contribution in [0.1, 0.15) is 19.3 Å². The molecule has 1 fully saturated rings. The van der Waals surface area contributed by atoms with E-state index in [9.17, 15) is 9.59 Å². The molecule has 0 radical (unpaired) electrons. The Morgan fingerprint density at radius 3 is 2.96 bits per heavy atom. The van der Waals surface area contributed by atoms with Crippen molar-refractivity contribution in [2.45, 2.75) is 25.8 Å². The van der Waals surface area contributed by atoms with Crippen LogP contribution in [-0.2, 0) is 16.1 Å². The molecule has 2 aromatic heterocycles. The summed E-state index contributed by atoms with van der Waals surface area (Å²) in [6, 6.07) is 3.34. The lowest BCUT2D eigenvalue weighted by Crippen LogP contribution is -2.44. The summed E-state index contributed by atoms with van der Waals surface area (Å²) >= 11 is 5.79. The molecule has 2 amide bonds. The molecule has 1 N–H and O–H groups in total. The van der Waals surface area contributed by atoms with Gasteiger partial charge in [-0.05, 0) is 25.0 Å².